The fourth-order valence-corrected chi connectivity index (χ4v) is 6.30. The normalized spacial score (nSPS) is 26.2. The second-order valence-corrected chi connectivity index (χ2v) is 10.8. The number of piperazine rings is 1. The molecule has 198 valence electrons. The fourth-order valence-electron chi connectivity index (χ4n) is 5.82. The Hall–Kier alpha value is -1.87. The van der Waals surface area contributed by atoms with Crippen molar-refractivity contribution in [1.82, 2.24) is 14.7 Å². The number of benzene rings is 1. The van der Waals surface area contributed by atoms with Crippen molar-refractivity contribution in [3.8, 4) is 0 Å². The van der Waals surface area contributed by atoms with E-state index in [1.54, 1.807) is 17.0 Å². The van der Waals surface area contributed by atoms with E-state index >= 15 is 0 Å². The monoisotopic (exact) mass is 538 g/mol. The van der Waals surface area contributed by atoms with Crippen molar-refractivity contribution in [2.24, 2.45) is 11.7 Å². The third kappa shape index (κ3) is 5.98. The maximum Gasteiger partial charge on any atom is 0.310 e. The van der Waals surface area contributed by atoms with Crippen LogP contribution >= 0.6 is 23.2 Å². The van der Waals surface area contributed by atoms with E-state index in [0.717, 1.165) is 31.2 Å². The SMILES string of the molecule is CCOC(=O)[C@@H]1CCCC[C@H]1N1CCN(C(=O)C(Cc2ccc(Cl)cc2Cl)N2CCC(N)C2=O)CC1. The van der Waals surface area contributed by atoms with Gasteiger partial charge in [0.05, 0.1) is 18.6 Å². The molecule has 2 aliphatic heterocycles. The van der Waals surface area contributed by atoms with Crippen molar-refractivity contribution in [2.75, 3.05) is 39.3 Å². The summed E-state index contributed by atoms with van der Waals surface area (Å²) in [6.45, 7) is 5.15. The molecule has 0 spiro atoms. The third-order valence-electron chi connectivity index (χ3n) is 7.78. The summed E-state index contributed by atoms with van der Waals surface area (Å²) in [5.41, 5.74) is 6.75. The number of rotatable bonds is 7. The number of hydrogen-bond donors (Lipinski definition) is 1. The van der Waals surface area contributed by atoms with Gasteiger partial charge in [-0.1, -0.05) is 42.1 Å². The average Bonchev–Trinajstić information content (AvgIpc) is 3.21. The number of ether oxygens (including phenoxy) is 1. The zero-order chi connectivity index (χ0) is 25.8. The lowest BCUT2D eigenvalue weighted by molar-refractivity contribution is -0.153. The molecule has 2 N–H and O–H groups in total. The molecule has 2 saturated heterocycles. The molecule has 1 aromatic carbocycles. The van der Waals surface area contributed by atoms with Crippen LogP contribution in [0.1, 0.15) is 44.6 Å². The summed E-state index contributed by atoms with van der Waals surface area (Å²) in [6, 6.07) is 4.10. The minimum Gasteiger partial charge on any atom is -0.466 e. The summed E-state index contributed by atoms with van der Waals surface area (Å²) >= 11 is 12.5. The Balaban J connectivity index is 1.46. The topological polar surface area (TPSA) is 96.2 Å². The highest BCUT2D eigenvalue weighted by molar-refractivity contribution is 6.35. The van der Waals surface area contributed by atoms with Gasteiger partial charge in [-0.25, -0.2) is 0 Å². The van der Waals surface area contributed by atoms with Crippen LogP contribution in [0.25, 0.3) is 0 Å². The van der Waals surface area contributed by atoms with E-state index in [4.69, 9.17) is 33.7 Å². The molecule has 1 saturated carbocycles. The smallest absolute Gasteiger partial charge is 0.310 e. The van der Waals surface area contributed by atoms with Gasteiger partial charge in [0, 0.05) is 55.2 Å². The second-order valence-electron chi connectivity index (χ2n) is 9.95. The first-order valence-corrected chi connectivity index (χ1v) is 13.7. The number of likely N-dealkylation sites (tertiary alicyclic amines) is 1. The number of amides is 2. The Morgan fingerprint density at radius 2 is 1.81 bits per heavy atom. The van der Waals surface area contributed by atoms with Crippen LogP contribution in [0.3, 0.4) is 0 Å². The molecular formula is C26H36Cl2N4O4. The van der Waals surface area contributed by atoms with E-state index in [2.05, 4.69) is 4.90 Å². The molecule has 1 aliphatic carbocycles. The molecule has 2 heterocycles. The van der Waals surface area contributed by atoms with Crippen molar-refractivity contribution < 1.29 is 19.1 Å². The van der Waals surface area contributed by atoms with Crippen LogP contribution in [0.15, 0.2) is 18.2 Å². The molecule has 3 fully saturated rings. The Morgan fingerprint density at radius 1 is 1.08 bits per heavy atom. The molecule has 2 amide bonds. The quantitative estimate of drug-likeness (QED) is 0.536. The van der Waals surface area contributed by atoms with Crippen molar-refractivity contribution in [2.45, 2.75) is 63.6 Å². The van der Waals surface area contributed by atoms with E-state index in [1.165, 1.54) is 0 Å². The van der Waals surface area contributed by atoms with Gasteiger partial charge >= 0.3 is 5.97 Å². The number of carbonyl (C=O) groups is 3. The van der Waals surface area contributed by atoms with Crippen molar-refractivity contribution >= 4 is 41.0 Å². The van der Waals surface area contributed by atoms with Gasteiger partial charge < -0.3 is 20.3 Å². The summed E-state index contributed by atoms with van der Waals surface area (Å²) < 4.78 is 5.35. The van der Waals surface area contributed by atoms with Crippen molar-refractivity contribution in [3.05, 3.63) is 33.8 Å². The van der Waals surface area contributed by atoms with Gasteiger partial charge in [0.25, 0.3) is 0 Å². The highest BCUT2D eigenvalue weighted by Gasteiger charge is 2.41. The molecule has 0 radical (unpaired) electrons. The molecule has 4 rings (SSSR count). The molecule has 36 heavy (non-hydrogen) atoms. The first-order chi connectivity index (χ1) is 17.3. The lowest BCUT2D eigenvalue weighted by Gasteiger charge is -2.44. The van der Waals surface area contributed by atoms with E-state index in [-0.39, 0.29) is 29.7 Å². The number of nitrogens with zero attached hydrogens (tertiary/aromatic N) is 3. The number of hydrogen-bond acceptors (Lipinski definition) is 6. The molecule has 1 aromatic rings. The predicted molar refractivity (Wildman–Crippen MR) is 139 cm³/mol. The van der Waals surface area contributed by atoms with Crippen LogP contribution in [0.2, 0.25) is 10.0 Å². The summed E-state index contributed by atoms with van der Waals surface area (Å²) in [6.07, 6.45) is 4.79. The molecule has 10 heteroatoms. The van der Waals surface area contributed by atoms with Gasteiger partial charge in [-0.3, -0.25) is 19.3 Å². The maximum absolute atomic E-state index is 13.8. The maximum atomic E-state index is 13.8. The molecule has 0 bridgehead atoms. The van der Waals surface area contributed by atoms with Gasteiger partial charge in [-0.05, 0) is 43.9 Å². The van der Waals surface area contributed by atoms with Crippen LogP contribution < -0.4 is 5.73 Å². The summed E-state index contributed by atoms with van der Waals surface area (Å²) in [7, 11) is 0. The van der Waals surface area contributed by atoms with Gasteiger partial charge in [0.2, 0.25) is 11.8 Å². The van der Waals surface area contributed by atoms with Crippen LogP contribution in [0, 0.1) is 5.92 Å². The summed E-state index contributed by atoms with van der Waals surface area (Å²) in [5, 5.41) is 0.995. The van der Waals surface area contributed by atoms with Crippen LogP contribution in [-0.2, 0) is 25.5 Å². The molecule has 2 unspecified atom stereocenters. The van der Waals surface area contributed by atoms with Crippen molar-refractivity contribution in [1.29, 1.82) is 0 Å². The van der Waals surface area contributed by atoms with Gasteiger partial charge in [-0.2, -0.15) is 0 Å². The minimum absolute atomic E-state index is 0.0892. The Kier molecular flexibility index (Phi) is 9.15. The largest absolute Gasteiger partial charge is 0.466 e. The number of nitrogens with two attached hydrogens (primary N) is 1. The third-order valence-corrected chi connectivity index (χ3v) is 8.37. The van der Waals surface area contributed by atoms with Gasteiger partial charge in [0.15, 0.2) is 0 Å². The van der Waals surface area contributed by atoms with Crippen LogP contribution in [0.5, 0.6) is 0 Å². The Labute approximate surface area is 223 Å². The predicted octanol–water partition coefficient (Wildman–Crippen LogP) is 2.73. The van der Waals surface area contributed by atoms with Crippen LogP contribution in [0.4, 0.5) is 0 Å². The standard InChI is InChI=1S/C26H36Cl2N4O4/c1-2-36-26(35)19-5-3-4-6-22(19)30-11-13-31(14-12-30)25(34)23(32-10-9-21(29)24(32)33)15-17-7-8-18(27)16-20(17)28/h7-8,16,19,21-23H,2-6,9-15,29H2,1H3/t19-,21?,22-,23?/m1/s1. The Morgan fingerprint density at radius 3 is 2.44 bits per heavy atom. The number of halogens is 2. The second kappa shape index (κ2) is 12.1. The van der Waals surface area contributed by atoms with Gasteiger partial charge in [-0.15, -0.1) is 0 Å². The number of esters is 1. The van der Waals surface area contributed by atoms with Crippen molar-refractivity contribution in [3.63, 3.8) is 0 Å². The minimum atomic E-state index is -0.668. The molecule has 3 aliphatic rings. The molecule has 0 aromatic heterocycles. The molecule has 4 atom stereocenters. The summed E-state index contributed by atoms with van der Waals surface area (Å²) in [4.78, 5) is 44.9. The van der Waals surface area contributed by atoms with E-state index < -0.39 is 12.1 Å². The van der Waals surface area contributed by atoms with Crippen LogP contribution in [-0.4, -0.2) is 89.9 Å². The highest BCUT2D eigenvalue weighted by Crippen LogP contribution is 2.31. The van der Waals surface area contributed by atoms with E-state index in [1.807, 2.05) is 17.9 Å². The average molecular weight is 540 g/mol. The summed E-state index contributed by atoms with van der Waals surface area (Å²) in [5.74, 6) is -0.501. The van der Waals surface area contributed by atoms with E-state index in [9.17, 15) is 14.4 Å². The van der Waals surface area contributed by atoms with E-state index in [0.29, 0.717) is 62.2 Å². The first-order valence-electron chi connectivity index (χ1n) is 13.0. The Bertz CT molecular complexity index is 969. The van der Waals surface area contributed by atoms with Gasteiger partial charge in [0.1, 0.15) is 6.04 Å². The zero-order valence-corrected chi connectivity index (χ0v) is 22.3. The highest BCUT2D eigenvalue weighted by atomic mass is 35.5. The lowest BCUT2D eigenvalue weighted by atomic mass is 9.83. The fraction of sp³-hybridized carbons (Fsp3) is 0.654. The number of carbonyl (C=O) groups excluding carboxylic acids is 3. The first kappa shape index (κ1) is 27.2. The zero-order valence-electron chi connectivity index (χ0n) is 20.8. The lowest BCUT2D eigenvalue weighted by Crippen LogP contribution is -2.59. The molecular weight excluding hydrogens is 503 g/mol. The molecule has 8 nitrogen and oxygen atoms in total.